The number of carbonyl (C=O) groups is 2. The highest BCUT2D eigenvalue weighted by molar-refractivity contribution is 5.96. The average molecular weight is 352 g/mol. The van der Waals surface area contributed by atoms with Crippen molar-refractivity contribution < 1.29 is 29.3 Å². The zero-order valence-corrected chi connectivity index (χ0v) is 15.3. The molecule has 0 saturated carbocycles. The molecule has 6 heteroatoms. The highest BCUT2D eigenvalue weighted by Gasteiger charge is 2.47. The Kier molecular flexibility index (Phi) is 5.86. The summed E-state index contributed by atoms with van der Waals surface area (Å²) in [4.78, 5) is 24.3. The highest BCUT2D eigenvalue weighted by atomic mass is 16.6. The van der Waals surface area contributed by atoms with Crippen molar-refractivity contribution in [2.45, 2.75) is 64.4 Å². The maximum absolute atomic E-state index is 12.2. The van der Waals surface area contributed by atoms with Crippen LogP contribution in [0.15, 0.2) is 23.8 Å². The van der Waals surface area contributed by atoms with E-state index in [1.807, 2.05) is 13.8 Å². The first kappa shape index (κ1) is 19.8. The number of allylic oxidation sites excluding steroid dienone is 1. The summed E-state index contributed by atoms with van der Waals surface area (Å²) in [6.45, 7) is 11.3. The Morgan fingerprint density at radius 3 is 2.68 bits per heavy atom. The van der Waals surface area contributed by atoms with Crippen molar-refractivity contribution in [3.63, 3.8) is 0 Å². The third kappa shape index (κ3) is 4.37. The van der Waals surface area contributed by atoms with Gasteiger partial charge in [-0.15, -0.1) is 0 Å². The third-order valence-electron chi connectivity index (χ3n) is 4.87. The minimum atomic E-state index is -1.54. The van der Waals surface area contributed by atoms with Crippen LogP contribution in [0.4, 0.5) is 0 Å². The zero-order chi connectivity index (χ0) is 18.9. The lowest BCUT2D eigenvalue weighted by atomic mass is 9.79. The fourth-order valence-electron chi connectivity index (χ4n) is 3.23. The summed E-state index contributed by atoms with van der Waals surface area (Å²) in [6, 6.07) is 0. The molecule has 0 spiro atoms. The van der Waals surface area contributed by atoms with Gasteiger partial charge in [0.2, 0.25) is 0 Å². The van der Waals surface area contributed by atoms with E-state index in [9.17, 15) is 19.8 Å². The number of aliphatic hydroxyl groups is 2. The lowest BCUT2D eigenvalue weighted by Gasteiger charge is -2.36. The molecule has 6 nitrogen and oxygen atoms in total. The van der Waals surface area contributed by atoms with Crippen LogP contribution in [0.1, 0.15) is 40.5 Å². The second-order valence-electron chi connectivity index (χ2n) is 7.74. The van der Waals surface area contributed by atoms with Crippen LogP contribution in [0.2, 0.25) is 0 Å². The molecule has 1 aliphatic carbocycles. The summed E-state index contributed by atoms with van der Waals surface area (Å²) in [5.41, 5.74) is -0.885. The van der Waals surface area contributed by atoms with E-state index < -0.39 is 35.8 Å². The predicted molar refractivity (Wildman–Crippen MR) is 91.7 cm³/mol. The van der Waals surface area contributed by atoms with E-state index in [1.54, 1.807) is 13.0 Å². The minimum Gasteiger partial charge on any atom is -0.454 e. The Hall–Kier alpha value is -1.50. The molecule has 2 N–H and O–H groups in total. The van der Waals surface area contributed by atoms with Crippen LogP contribution >= 0.6 is 0 Å². The quantitative estimate of drug-likeness (QED) is 0.591. The molecule has 0 aromatic rings. The van der Waals surface area contributed by atoms with Gasteiger partial charge in [0.1, 0.15) is 6.10 Å². The van der Waals surface area contributed by atoms with Gasteiger partial charge in [0.25, 0.3) is 0 Å². The Morgan fingerprint density at radius 2 is 2.08 bits per heavy atom. The number of fused-ring (bicyclic) bond motifs is 1. The van der Waals surface area contributed by atoms with E-state index >= 15 is 0 Å². The summed E-state index contributed by atoms with van der Waals surface area (Å²) < 4.78 is 11.3. The molecule has 1 fully saturated rings. The normalized spacial score (nSPS) is 36.9. The van der Waals surface area contributed by atoms with Crippen molar-refractivity contribution in [3.05, 3.63) is 23.8 Å². The van der Waals surface area contributed by atoms with Crippen molar-refractivity contribution in [3.8, 4) is 0 Å². The smallest absolute Gasteiger partial charge is 0.334 e. The highest BCUT2D eigenvalue weighted by Crippen LogP contribution is 2.38. The van der Waals surface area contributed by atoms with E-state index in [1.165, 1.54) is 6.92 Å². The van der Waals surface area contributed by atoms with Gasteiger partial charge < -0.3 is 19.7 Å². The molecule has 0 amide bonds. The van der Waals surface area contributed by atoms with Crippen LogP contribution in [0.25, 0.3) is 0 Å². The minimum absolute atomic E-state index is 0.0673. The number of aliphatic hydroxyl groups excluding tert-OH is 1. The molecular formula is C19H28O6. The van der Waals surface area contributed by atoms with Crippen LogP contribution in [-0.2, 0) is 19.1 Å². The lowest BCUT2D eigenvalue weighted by molar-refractivity contribution is -0.140. The number of carbonyl (C=O) groups excluding carboxylic acids is 2. The second-order valence-corrected chi connectivity index (χ2v) is 7.74. The molecule has 0 aromatic heterocycles. The predicted octanol–water partition coefficient (Wildman–Crippen LogP) is 1.55. The van der Waals surface area contributed by atoms with Crippen LogP contribution in [0.3, 0.4) is 0 Å². The number of hydrogen-bond donors (Lipinski definition) is 2. The molecule has 2 rings (SSSR count). The van der Waals surface area contributed by atoms with Crippen molar-refractivity contribution >= 4 is 11.8 Å². The first-order chi connectivity index (χ1) is 11.5. The Bertz CT molecular complexity index is 589. The first-order valence-corrected chi connectivity index (χ1v) is 8.66. The number of hydrogen-bond acceptors (Lipinski definition) is 6. The molecule has 5 atom stereocenters. The number of Topliss-reactive ketones (excluding diaryl/α,β-unsaturated/α-hetero) is 1. The zero-order valence-electron chi connectivity index (χ0n) is 15.3. The van der Waals surface area contributed by atoms with Gasteiger partial charge in [0.05, 0.1) is 23.7 Å². The van der Waals surface area contributed by atoms with Crippen LogP contribution in [0.5, 0.6) is 0 Å². The maximum Gasteiger partial charge on any atom is 0.334 e. The molecular weight excluding hydrogens is 324 g/mol. The van der Waals surface area contributed by atoms with Crippen molar-refractivity contribution in [1.82, 2.24) is 0 Å². The van der Waals surface area contributed by atoms with Gasteiger partial charge in [-0.25, -0.2) is 4.79 Å². The third-order valence-corrected chi connectivity index (χ3v) is 4.87. The Morgan fingerprint density at radius 1 is 1.44 bits per heavy atom. The van der Waals surface area contributed by atoms with Gasteiger partial charge in [0.15, 0.2) is 5.78 Å². The molecule has 5 unspecified atom stereocenters. The molecule has 0 aromatic carbocycles. The molecule has 2 aliphatic rings. The Labute approximate surface area is 148 Å². The van der Waals surface area contributed by atoms with E-state index in [2.05, 4.69) is 6.58 Å². The molecule has 0 radical (unpaired) electrons. The van der Waals surface area contributed by atoms with Crippen LogP contribution in [-0.4, -0.2) is 52.5 Å². The van der Waals surface area contributed by atoms with E-state index in [0.29, 0.717) is 12.2 Å². The maximum atomic E-state index is 12.2. The summed E-state index contributed by atoms with van der Waals surface area (Å²) >= 11 is 0. The van der Waals surface area contributed by atoms with Gasteiger partial charge >= 0.3 is 5.97 Å². The largest absolute Gasteiger partial charge is 0.454 e. The monoisotopic (exact) mass is 352 g/mol. The van der Waals surface area contributed by atoms with Gasteiger partial charge in [-0.3, -0.25) is 4.79 Å². The van der Waals surface area contributed by atoms with Gasteiger partial charge in [-0.05, 0) is 31.4 Å². The van der Waals surface area contributed by atoms with Crippen molar-refractivity contribution in [1.29, 1.82) is 0 Å². The lowest BCUT2D eigenvalue weighted by Crippen LogP contribution is -2.47. The summed E-state index contributed by atoms with van der Waals surface area (Å²) in [5, 5.41) is 21.0. The number of ketones is 1. The Balaban J connectivity index is 2.45. The number of ether oxygens (including phenoxy) is 2. The average Bonchev–Trinajstić information content (AvgIpc) is 2.77. The molecule has 0 bridgehead atoms. The van der Waals surface area contributed by atoms with Crippen LogP contribution < -0.4 is 0 Å². The van der Waals surface area contributed by atoms with Crippen molar-refractivity contribution in [2.24, 2.45) is 11.8 Å². The molecule has 1 aliphatic heterocycles. The fourth-order valence-corrected chi connectivity index (χ4v) is 3.23. The van der Waals surface area contributed by atoms with Crippen molar-refractivity contribution in [2.75, 3.05) is 6.61 Å². The van der Waals surface area contributed by atoms with Crippen LogP contribution in [0, 0.1) is 11.8 Å². The van der Waals surface area contributed by atoms with Gasteiger partial charge in [-0.2, -0.15) is 0 Å². The van der Waals surface area contributed by atoms with E-state index in [4.69, 9.17) is 9.47 Å². The van der Waals surface area contributed by atoms with Gasteiger partial charge in [0, 0.05) is 25.0 Å². The standard InChI is InChI=1S/C19H28O6/c1-10(2)9-24-15-8-19(5,23)16(21)7-13(20)11(3)6-14-17(15)12(4)18(22)25-14/h6,10,14-17,21,23H,4,7-9H2,1-3,5H3. The molecule has 25 heavy (non-hydrogen) atoms. The summed E-state index contributed by atoms with van der Waals surface area (Å²) in [5.74, 6) is -1.06. The molecule has 1 heterocycles. The second kappa shape index (κ2) is 7.40. The van der Waals surface area contributed by atoms with E-state index in [0.717, 1.165) is 0 Å². The number of esters is 1. The summed E-state index contributed by atoms with van der Waals surface area (Å²) in [6.07, 6.45) is -0.977. The molecule has 140 valence electrons. The SMILES string of the molecule is C=C1C(=O)OC2C=C(C)C(=O)CC(O)C(C)(O)CC(OCC(C)C)C12. The van der Waals surface area contributed by atoms with E-state index in [-0.39, 0.29) is 30.1 Å². The topological polar surface area (TPSA) is 93.1 Å². The summed E-state index contributed by atoms with van der Waals surface area (Å²) in [7, 11) is 0. The van der Waals surface area contributed by atoms with Gasteiger partial charge in [-0.1, -0.05) is 20.4 Å². The molecule has 1 saturated heterocycles. The first-order valence-electron chi connectivity index (χ1n) is 8.66. The number of rotatable bonds is 3. The fraction of sp³-hybridized carbons (Fsp3) is 0.684.